The molecule has 1 saturated heterocycles. The Morgan fingerprint density at radius 2 is 1.36 bits per heavy atom. The SMILES string of the molecule is Fc1ccc(C(CCC[NH+]2CC[NH+]([C@H]3Cc4ccc(F)cc4Sc4cc(F)c(Cl)cc43)CC2)c2ccc(F)cc2)cc1. The van der Waals surface area contributed by atoms with Crippen LogP contribution in [0.2, 0.25) is 5.02 Å². The van der Waals surface area contributed by atoms with Gasteiger partial charge in [0.2, 0.25) is 0 Å². The van der Waals surface area contributed by atoms with Crippen molar-refractivity contribution in [3.63, 3.8) is 0 Å². The van der Waals surface area contributed by atoms with Crippen LogP contribution in [-0.4, -0.2) is 32.7 Å². The zero-order valence-electron chi connectivity index (χ0n) is 23.1. The van der Waals surface area contributed by atoms with Crippen molar-refractivity contribution in [1.82, 2.24) is 0 Å². The summed E-state index contributed by atoms with van der Waals surface area (Å²) in [6, 6.07) is 21.5. The predicted molar refractivity (Wildman–Crippen MR) is 159 cm³/mol. The van der Waals surface area contributed by atoms with Gasteiger partial charge in [-0.2, -0.15) is 0 Å². The standard InChI is InChI=1S/C34H31ClF4N2S/c35-30-20-29-32(18-24-7-12-27(38)19-33(24)42-34(29)21-31(30)39)41-16-14-40(15-17-41)13-1-2-28(22-3-8-25(36)9-4-22)23-5-10-26(37)11-6-23/h3-12,19-21,28,32H,1-2,13-18H2/p+2/t32-/m0/s1. The lowest BCUT2D eigenvalue weighted by Crippen LogP contribution is -3.28. The molecule has 0 aliphatic carbocycles. The lowest BCUT2D eigenvalue weighted by Gasteiger charge is -2.35. The second kappa shape index (κ2) is 12.8. The molecular formula is C34H33ClF4N2S+2. The monoisotopic (exact) mass is 612 g/mol. The number of hydrogen-bond acceptors (Lipinski definition) is 1. The first kappa shape index (κ1) is 29.2. The molecule has 42 heavy (non-hydrogen) atoms. The summed E-state index contributed by atoms with van der Waals surface area (Å²) in [5.41, 5.74) is 4.18. The third-order valence-corrected chi connectivity index (χ3v) is 10.2. The molecule has 2 heterocycles. The third kappa shape index (κ3) is 6.55. The Morgan fingerprint density at radius 3 is 2.00 bits per heavy atom. The summed E-state index contributed by atoms with van der Waals surface area (Å²) in [7, 11) is 0. The van der Waals surface area contributed by atoms with Crippen molar-refractivity contribution in [3.05, 3.63) is 129 Å². The Kier molecular flexibility index (Phi) is 8.91. The highest BCUT2D eigenvalue weighted by Gasteiger charge is 2.35. The predicted octanol–water partition coefficient (Wildman–Crippen LogP) is 6.04. The van der Waals surface area contributed by atoms with Gasteiger partial charge in [-0.25, -0.2) is 17.6 Å². The minimum absolute atomic E-state index is 0.0764. The molecule has 0 amide bonds. The van der Waals surface area contributed by atoms with Crippen LogP contribution in [0.4, 0.5) is 17.6 Å². The van der Waals surface area contributed by atoms with Gasteiger partial charge in [0.15, 0.2) is 0 Å². The Hall–Kier alpha value is -2.84. The molecule has 1 fully saturated rings. The van der Waals surface area contributed by atoms with Crippen molar-refractivity contribution in [3.8, 4) is 0 Å². The normalized spacial score (nSPS) is 20.2. The van der Waals surface area contributed by atoms with Crippen molar-refractivity contribution in [1.29, 1.82) is 0 Å². The molecule has 2 aliphatic heterocycles. The molecule has 0 saturated carbocycles. The number of quaternary nitrogens is 2. The van der Waals surface area contributed by atoms with Crippen LogP contribution in [0.25, 0.3) is 0 Å². The van der Waals surface area contributed by atoms with E-state index in [9.17, 15) is 17.6 Å². The molecule has 4 aromatic rings. The van der Waals surface area contributed by atoms with Gasteiger partial charge in [-0.05, 0) is 78.1 Å². The van der Waals surface area contributed by atoms with Crippen LogP contribution in [-0.2, 0) is 6.42 Å². The number of benzene rings is 4. The van der Waals surface area contributed by atoms with Crippen molar-refractivity contribution in [2.24, 2.45) is 0 Å². The quantitative estimate of drug-likeness (QED) is 0.242. The molecule has 0 unspecified atom stereocenters. The molecule has 1 atom stereocenters. The van der Waals surface area contributed by atoms with Gasteiger partial charge in [0.25, 0.3) is 0 Å². The van der Waals surface area contributed by atoms with Crippen LogP contribution in [0.5, 0.6) is 0 Å². The molecule has 0 bridgehead atoms. The summed E-state index contributed by atoms with van der Waals surface area (Å²) < 4.78 is 55.8. The lowest BCUT2D eigenvalue weighted by atomic mass is 9.87. The summed E-state index contributed by atoms with van der Waals surface area (Å²) in [5.74, 6) is -1.20. The largest absolute Gasteiger partial charge is 0.326 e. The third-order valence-electron chi connectivity index (χ3n) is 8.76. The van der Waals surface area contributed by atoms with Crippen LogP contribution >= 0.6 is 23.4 Å². The average Bonchev–Trinajstić information content (AvgIpc) is 3.13. The van der Waals surface area contributed by atoms with E-state index in [1.165, 1.54) is 53.1 Å². The fourth-order valence-corrected chi connectivity index (χ4v) is 7.85. The molecule has 2 aliphatic rings. The van der Waals surface area contributed by atoms with E-state index in [2.05, 4.69) is 0 Å². The molecule has 2 N–H and O–H groups in total. The second-order valence-corrected chi connectivity index (χ2v) is 12.9. The van der Waals surface area contributed by atoms with Gasteiger partial charge in [-0.15, -0.1) is 0 Å². The fourth-order valence-electron chi connectivity index (χ4n) is 6.50. The van der Waals surface area contributed by atoms with Crippen molar-refractivity contribution in [2.75, 3.05) is 32.7 Å². The highest BCUT2D eigenvalue weighted by Crippen LogP contribution is 2.42. The van der Waals surface area contributed by atoms with Crippen molar-refractivity contribution in [2.45, 2.75) is 41.0 Å². The van der Waals surface area contributed by atoms with E-state index in [0.717, 1.165) is 84.0 Å². The van der Waals surface area contributed by atoms with E-state index < -0.39 is 5.82 Å². The minimum atomic E-state index is -0.453. The van der Waals surface area contributed by atoms with Crippen LogP contribution in [0.15, 0.2) is 88.7 Å². The van der Waals surface area contributed by atoms with Gasteiger partial charge in [0, 0.05) is 27.7 Å². The smallest absolute Gasteiger partial charge is 0.142 e. The summed E-state index contributed by atoms with van der Waals surface area (Å²) in [6.07, 6.45) is 2.63. The molecule has 218 valence electrons. The van der Waals surface area contributed by atoms with Gasteiger partial charge < -0.3 is 9.80 Å². The zero-order chi connectivity index (χ0) is 29.2. The van der Waals surface area contributed by atoms with Gasteiger partial charge in [0.1, 0.15) is 55.5 Å². The Labute approximate surface area is 253 Å². The maximum absolute atomic E-state index is 14.5. The van der Waals surface area contributed by atoms with Crippen LogP contribution < -0.4 is 9.80 Å². The van der Waals surface area contributed by atoms with E-state index in [-0.39, 0.29) is 34.4 Å². The van der Waals surface area contributed by atoms with E-state index in [4.69, 9.17) is 11.6 Å². The Bertz CT molecular complexity index is 1490. The first-order valence-electron chi connectivity index (χ1n) is 14.5. The Morgan fingerprint density at radius 1 is 0.738 bits per heavy atom. The number of fused-ring (bicyclic) bond motifs is 2. The first-order valence-corrected chi connectivity index (χ1v) is 15.7. The van der Waals surface area contributed by atoms with E-state index in [1.54, 1.807) is 17.0 Å². The molecule has 2 nitrogen and oxygen atoms in total. The number of piperazine rings is 1. The molecule has 0 radical (unpaired) electrons. The molecule has 8 heteroatoms. The van der Waals surface area contributed by atoms with Gasteiger partial charge >= 0.3 is 0 Å². The summed E-state index contributed by atoms with van der Waals surface area (Å²) >= 11 is 7.68. The van der Waals surface area contributed by atoms with E-state index >= 15 is 0 Å². The average molecular weight is 613 g/mol. The number of halogens is 5. The maximum atomic E-state index is 14.5. The lowest BCUT2D eigenvalue weighted by molar-refractivity contribution is -1.03. The molecule has 0 spiro atoms. The highest BCUT2D eigenvalue weighted by molar-refractivity contribution is 7.99. The number of rotatable bonds is 7. The molecule has 6 rings (SSSR count). The second-order valence-electron chi connectivity index (χ2n) is 11.4. The number of hydrogen-bond donors (Lipinski definition) is 2. The van der Waals surface area contributed by atoms with Crippen LogP contribution in [0.3, 0.4) is 0 Å². The maximum Gasteiger partial charge on any atom is 0.142 e. The Balaban J connectivity index is 1.12. The van der Waals surface area contributed by atoms with Crippen molar-refractivity contribution >= 4 is 23.4 Å². The molecule has 0 aromatic heterocycles. The van der Waals surface area contributed by atoms with Gasteiger partial charge in [0.05, 0.1) is 11.6 Å². The summed E-state index contributed by atoms with van der Waals surface area (Å²) in [5, 5.41) is 0.122. The van der Waals surface area contributed by atoms with Crippen LogP contribution in [0, 0.1) is 23.3 Å². The summed E-state index contributed by atoms with van der Waals surface area (Å²) in [4.78, 5) is 4.62. The number of nitrogens with one attached hydrogen (secondary N) is 2. The van der Waals surface area contributed by atoms with Crippen molar-refractivity contribution < 1.29 is 27.4 Å². The van der Waals surface area contributed by atoms with Crippen LogP contribution in [0.1, 0.15) is 47.1 Å². The first-order chi connectivity index (χ1) is 20.3. The zero-order valence-corrected chi connectivity index (χ0v) is 24.7. The van der Waals surface area contributed by atoms with Gasteiger partial charge in [-0.3, -0.25) is 0 Å². The van der Waals surface area contributed by atoms with E-state index in [0.29, 0.717) is 0 Å². The van der Waals surface area contributed by atoms with Gasteiger partial charge in [-0.1, -0.05) is 53.7 Å². The summed E-state index contributed by atoms with van der Waals surface area (Å²) in [6.45, 7) is 4.97. The molecular weight excluding hydrogens is 580 g/mol. The fraction of sp³-hybridized carbons (Fsp3) is 0.294. The molecule has 4 aromatic carbocycles. The minimum Gasteiger partial charge on any atom is -0.326 e. The highest BCUT2D eigenvalue weighted by atomic mass is 35.5. The topological polar surface area (TPSA) is 8.88 Å². The van der Waals surface area contributed by atoms with E-state index in [1.807, 2.05) is 30.3 Å².